The van der Waals surface area contributed by atoms with Crippen LogP contribution < -0.4 is 19.9 Å². The second-order valence-corrected chi connectivity index (χ2v) is 5.00. The molecule has 0 bridgehead atoms. The van der Waals surface area contributed by atoms with Crippen molar-refractivity contribution < 1.29 is 19.0 Å². The van der Waals surface area contributed by atoms with E-state index in [9.17, 15) is 4.79 Å². The Morgan fingerprint density at radius 3 is 2.50 bits per heavy atom. The molecule has 0 aliphatic carbocycles. The van der Waals surface area contributed by atoms with Crippen LogP contribution in [0.2, 0.25) is 0 Å². The average molecular weight is 299 g/mol. The summed E-state index contributed by atoms with van der Waals surface area (Å²) < 4.78 is 17.1. The molecule has 0 fully saturated rings. The minimum atomic E-state index is -0.408. The SMILES string of the molecule is NC(=O)Cc1ccc(OCc2ccccc2)c2c1OCCO2. The first-order chi connectivity index (χ1) is 10.7. The molecule has 114 valence electrons. The second kappa shape index (κ2) is 6.39. The number of carbonyl (C=O) groups is 1. The number of hydrogen-bond donors (Lipinski definition) is 1. The van der Waals surface area contributed by atoms with Crippen LogP contribution in [0.3, 0.4) is 0 Å². The fraction of sp³-hybridized carbons (Fsp3) is 0.235. The van der Waals surface area contributed by atoms with E-state index < -0.39 is 5.91 Å². The van der Waals surface area contributed by atoms with E-state index in [0.29, 0.717) is 42.6 Å². The monoisotopic (exact) mass is 299 g/mol. The summed E-state index contributed by atoms with van der Waals surface area (Å²) in [4.78, 5) is 11.1. The van der Waals surface area contributed by atoms with Gasteiger partial charge in [0.1, 0.15) is 19.8 Å². The van der Waals surface area contributed by atoms with E-state index in [0.717, 1.165) is 5.56 Å². The van der Waals surface area contributed by atoms with Crippen molar-refractivity contribution in [2.24, 2.45) is 5.73 Å². The van der Waals surface area contributed by atoms with Crippen molar-refractivity contribution >= 4 is 5.91 Å². The summed E-state index contributed by atoms with van der Waals surface area (Å²) in [6.07, 6.45) is 0.116. The Balaban J connectivity index is 1.84. The van der Waals surface area contributed by atoms with Gasteiger partial charge in [0.25, 0.3) is 0 Å². The maximum Gasteiger partial charge on any atom is 0.221 e. The molecule has 0 saturated heterocycles. The number of nitrogens with two attached hydrogens (primary N) is 1. The smallest absolute Gasteiger partial charge is 0.221 e. The van der Waals surface area contributed by atoms with E-state index in [1.807, 2.05) is 30.3 Å². The Kier molecular flexibility index (Phi) is 4.14. The molecular formula is C17H17NO4. The number of benzene rings is 2. The number of ether oxygens (including phenoxy) is 3. The van der Waals surface area contributed by atoms with Crippen molar-refractivity contribution in [3.63, 3.8) is 0 Å². The topological polar surface area (TPSA) is 70.8 Å². The molecule has 0 atom stereocenters. The molecule has 5 nitrogen and oxygen atoms in total. The second-order valence-electron chi connectivity index (χ2n) is 5.00. The minimum Gasteiger partial charge on any atom is -0.486 e. The number of fused-ring (bicyclic) bond motifs is 1. The molecule has 0 spiro atoms. The van der Waals surface area contributed by atoms with Gasteiger partial charge in [0.05, 0.1) is 6.42 Å². The van der Waals surface area contributed by atoms with Crippen LogP contribution in [-0.4, -0.2) is 19.1 Å². The van der Waals surface area contributed by atoms with Crippen LogP contribution in [0.25, 0.3) is 0 Å². The fourth-order valence-electron chi connectivity index (χ4n) is 2.34. The predicted octanol–water partition coefficient (Wildman–Crippen LogP) is 2.06. The molecule has 1 amide bonds. The van der Waals surface area contributed by atoms with E-state index in [1.54, 1.807) is 12.1 Å². The van der Waals surface area contributed by atoms with Crippen LogP contribution in [0.4, 0.5) is 0 Å². The Labute approximate surface area is 128 Å². The summed E-state index contributed by atoms with van der Waals surface area (Å²) in [5.74, 6) is 1.29. The molecule has 1 aliphatic rings. The van der Waals surface area contributed by atoms with E-state index in [4.69, 9.17) is 19.9 Å². The first-order valence-electron chi connectivity index (χ1n) is 7.10. The van der Waals surface area contributed by atoms with Crippen molar-refractivity contribution in [3.05, 3.63) is 53.6 Å². The van der Waals surface area contributed by atoms with Crippen LogP contribution in [-0.2, 0) is 17.8 Å². The summed E-state index contributed by atoms with van der Waals surface area (Å²) >= 11 is 0. The van der Waals surface area contributed by atoms with Crippen LogP contribution in [0.15, 0.2) is 42.5 Å². The molecule has 22 heavy (non-hydrogen) atoms. The Bertz CT molecular complexity index is 670. The van der Waals surface area contributed by atoms with Crippen LogP contribution in [0.5, 0.6) is 17.2 Å². The third-order valence-electron chi connectivity index (χ3n) is 3.34. The zero-order chi connectivity index (χ0) is 15.4. The third-order valence-corrected chi connectivity index (χ3v) is 3.34. The highest BCUT2D eigenvalue weighted by Gasteiger charge is 2.22. The van der Waals surface area contributed by atoms with Gasteiger partial charge in [0.15, 0.2) is 11.5 Å². The number of primary amides is 1. The summed E-state index contributed by atoms with van der Waals surface area (Å²) in [5, 5.41) is 0. The molecule has 1 aliphatic heterocycles. The standard InChI is InChI=1S/C17H17NO4/c18-15(19)10-13-6-7-14(17-16(13)20-8-9-21-17)22-11-12-4-2-1-3-5-12/h1-7H,8-11H2,(H2,18,19). The number of carbonyl (C=O) groups excluding carboxylic acids is 1. The molecule has 0 unspecified atom stereocenters. The first kappa shape index (κ1) is 14.3. The lowest BCUT2D eigenvalue weighted by Crippen LogP contribution is -2.20. The Morgan fingerprint density at radius 2 is 1.77 bits per heavy atom. The average Bonchev–Trinajstić information content (AvgIpc) is 2.55. The molecule has 5 heteroatoms. The summed E-state index contributed by atoms with van der Waals surface area (Å²) in [5.41, 5.74) is 7.04. The summed E-state index contributed by atoms with van der Waals surface area (Å²) in [7, 11) is 0. The molecular weight excluding hydrogens is 282 g/mol. The molecule has 2 aromatic carbocycles. The summed E-state index contributed by atoms with van der Waals surface area (Å²) in [6.45, 7) is 1.33. The third kappa shape index (κ3) is 3.14. The lowest BCUT2D eigenvalue weighted by Gasteiger charge is -2.23. The highest BCUT2D eigenvalue weighted by atomic mass is 16.6. The van der Waals surface area contributed by atoms with E-state index in [2.05, 4.69) is 0 Å². The van der Waals surface area contributed by atoms with Gasteiger partial charge in [-0.05, 0) is 11.6 Å². The molecule has 0 aromatic heterocycles. The van der Waals surface area contributed by atoms with E-state index >= 15 is 0 Å². The van der Waals surface area contributed by atoms with Gasteiger partial charge in [-0.15, -0.1) is 0 Å². The largest absolute Gasteiger partial charge is 0.486 e. The predicted molar refractivity (Wildman–Crippen MR) is 81.1 cm³/mol. The van der Waals surface area contributed by atoms with Crippen LogP contribution >= 0.6 is 0 Å². The highest BCUT2D eigenvalue weighted by molar-refractivity contribution is 5.78. The van der Waals surface area contributed by atoms with Gasteiger partial charge >= 0.3 is 0 Å². The zero-order valence-corrected chi connectivity index (χ0v) is 12.1. The van der Waals surface area contributed by atoms with Gasteiger partial charge < -0.3 is 19.9 Å². The van der Waals surface area contributed by atoms with Crippen molar-refractivity contribution in [2.45, 2.75) is 13.0 Å². The molecule has 0 saturated carbocycles. The maximum absolute atomic E-state index is 11.1. The van der Waals surface area contributed by atoms with E-state index in [-0.39, 0.29) is 6.42 Å². The fourth-order valence-corrected chi connectivity index (χ4v) is 2.34. The molecule has 3 rings (SSSR count). The molecule has 0 radical (unpaired) electrons. The van der Waals surface area contributed by atoms with Crippen molar-refractivity contribution in [1.82, 2.24) is 0 Å². The maximum atomic E-state index is 11.1. The quantitative estimate of drug-likeness (QED) is 0.917. The Hall–Kier alpha value is -2.69. The van der Waals surface area contributed by atoms with Gasteiger partial charge in [-0.3, -0.25) is 4.79 Å². The van der Waals surface area contributed by atoms with Crippen LogP contribution in [0, 0.1) is 0 Å². The number of rotatable bonds is 5. The van der Waals surface area contributed by atoms with Gasteiger partial charge in [-0.1, -0.05) is 36.4 Å². The van der Waals surface area contributed by atoms with Gasteiger partial charge in [0, 0.05) is 5.56 Å². The lowest BCUT2D eigenvalue weighted by atomic mass is 10.1. The first-order valence-corrected chi connectivity index (χ1v) is 7.10. The molecule has 2 N–H and O–H groups in total. The highest BCUT2D eigenvalue weighted by Crippen LogP contribution is 2.42. The lowest BCUT2D eigenvalue weighted by molar-refractivity contribution is -0.117. The number of hydrogen-bond acceptors (Lipinski definition) is 4. The van der Waals surface area contributed by atoms with Crippen molar-refractivity contribution in [3.8, 4) is 17.2 Å². The number of amides is 1. The van der Waals surface area contributed by atoms with E-state index in [1.165, 1.54) is 0 Å². The minimum absolute atomic E-state index is 0.116. The van der Waals surface area contributed by atoms with Gasteiger partial charge in [0.2, 0.25) is 11.7 Å². The van der Waals surface area contributed by atoms with Gasteiger partial charge in [-0.25, -0.2) is 0 Å². The summed E-state index contributed by atoms with van der Waals surface area (Å²) in [6, 6.07) is 13.4. The molecule has 2 aromatic rings. The van der Waals surface area contributed by atoms with Crippen molar-refractivity contribution in [1.29, 1.82) is 0 Å². The Morgan fingerprint density at radius 1 is 1.05 bits per heavy atom. The van der Waals surface area contributed by atoms with Crippen LogP contribution in [0.1, 0.15) is 11.1 Å². The molecule has 1 heterocycles. The van der Waals surface area contributed by atoms with Crippen molar-refractivity contribution in [2.75, 3.05) is 13.2 Å². The normalized spacial score (nSPS) is 12.7. The van der Waals surface area contributed by atoms with Gasteiger partial charge in [-0.2, -0.15) is 0 Å². The zero-order valence-electron chi connectivity index (χ0n) is 12.1.